The van der Waals surface area contributed by atoms with E-state index < -0.39 is 0 Å². The zero-order chi connectivity index (χ0) is 16.5. The van der Waals surface area contributed by atoms with Crippen LogP contribution < -0.4 is 15.4 Å². The second-order valence-electron chi connectivity index (χ2n) is 5.64. The Labute approximate surface area is 143 Å². The van der Waals surface area contributed by atoms with E-state index in [0.29, 0.717) is 25.1 Å². The van der Waals surface area contributed by atoms with E-state index in [2.05, 4.69) is 28.8 Å². The molecule has 0 amide bonds. The van der Waals surface area contributed by atoms with Crippen LogP contribution in [0.4, 0.5) is 0 Å². The first kappa shape index (κ1) is 17.9. The van der Waals surface area contributed by atoms with E-state index in [-0.39, 0.29) is 0 Å². The zero-order valence-electron chi connectivity index (χ0n) is 14.3. The number of thioether (sulfide) groups is 1. The van der Waals surface area contributed by atoms with E-state index in [1.165, 1.54) is 19.3 Å². The van der Waals surface area contributed by atoms with Crippen molar-refractivity contribution in [2.24, 2.45) is 4.99 Å². The van der Waals surface area contributed by atoms with Crippen molar-refractivity contribution in [1.82, 2.24) is 15.6 Å². The summed E-state index contributed by atoms with van der Waals surface area (Å²) in [4.78, 5) is 8.89. The third-order valence-corrected chi connectivity index (χ3v) is 5.01. The van der Waals surface area contributed by atoms with Crippen LogP contribution in [0.5, 0.6) is 5.88 Å². The summed E-state index contributed by atoms with van der Waals surface area (Å²) in [6, 6.07) is 4.46. The van der Waals surface area contributed by atoms with Crippen LogP contribution in [0.2, 0.25) is 0 Å². The molecule has 0 spiro atoms. The summed E-state index contributed by atoms with van der Waals surface area (Å²) in [5, 5.41) is 7.69. The average Bonchev–Trinajstić information content (AvgIpc) is 3.01. The van der Waals surface area contributed by atoms with E-state index in [9.17, 15) is 0 Å². The highest BCUT2D eigenvalue weighted by molar-refractivity contribution is 7.99. The minimum Gasteiger partial charge on any atom is -0.478 e. The molecule has 1 aromatic heterocycles. The fourth-order valence-electron chi connectivity index (χ4n) is 2.74. The van der Waals surface area contributed by atoms with Gasteiger partial charge in [0.05, 0.1) is 13.2 Å². The summed E-state index contributed by atoms with van der Waals surface area (Å²) in [6.07, 6.45) is 7.71. The van der Waals surface area contributed by atoms with Gasteiger partial charge in [0.15, 0.2) is 5.96 Å². The van der Waals surface area contributed by atoms with Crippen molar-refractivity contribution in [3.8, 4) is 5.88 Å². The molecule has 0 saturated heterocycles. The van der Waals surface area contributed by atoms with E-state index >= 15 is 0 Å². The number of pyridine rings is 1. The molecule has 2 rings (SSSR count). The van der Waals surface area contributed by atoms with Gasteiger partial charge in [-0.15, -0.1) is 0 Å². The molecule has 2 unspecified atom stereocenters. The van der Waals surface area contributed by atoms with Gasteiger partial charge in [0.2, 0.25) is 5.88 Å². The fraction of sp³-hybridized carbons (Fsp3) is 0.647. The van der Waals surface area contributed by atoms with Crippen molar-refractivity contribution in [1.29, 1.82) is 0 Å². The number of aromatic nitrogens is 1. The highest BCUT2D eigenvalue weighted by Gasteiger charge is 2.24. The molecular formula is C17H28N4OS. The van der Waals surface area contributed by atoms with Crippen molar-refractivity contribution in [3.05, 3.63) is 23.9 Å². The molecular weight excluding hydrogens is 308 g/mol. The van der Waals surface area contributed by atoms with Gasteiger partial charge in [0.25, 0.3) is 0 Å². The monoisotopic (exact) mass is 336 g/mol. The lowest BCUT2D eigenvalue weighted by Gasteiger charge is -2.17. The Kier molecular flexibility index (Phi) is 7.52. The average molecular weight is 337 g/mol. The standard InChI is InChI=1S/C17H28N4OS/c1-4-18-17(21-14-6-7-15(11-14)23-3)20-12-13-8-9-19-16(10-13)22-5-2/h8-10,14-15H,4-7,11-12H2,1-3H3,(H2,18,20,21). The highest BCUT2D eigenvalue weighted by atomic mass is 32.2. The molecule has 1 aliphatic rings. The second kappa shape index (κ2) is 9.65. The third kappa shape index (κ3) is 5.94. The molecule has 1 heterocycles. The molecule has 1 aromatic rings. The number of rotatable bonds is 7. The highest BCUT2D eigenvalue weighted by Crippen LogP contribution is 2.28. The molecule has 1 saturated carbocycles. The number of hydrogen-bond donors (Lipinski definition) is 2. The predicted molar refractivity (Wildman–Crippen MR) is 98.3 cm³/mol. The summed E-state index contributed by atoms with van der Waals surface area (Å²) in [5.74, 6) is 1.56. The first-order chi connectivity index (χ1) is 11.2. The van der Waals surface area contributed by atoms with E-state index in [4.69, 9.17) is 9.73 Å². The van der Waals surface area contributed by atoms with Gasteiger partial charge < -0.3 is 15.4 Å². The maximum atomic E-state index is 5.44. The number of aliphatic imine (C=N–C) groups is 1. The lowest BCUT2D eigenvalue weighted by Crippen LogP contribution is -2.42. The number of ether oxygens (including phenoxy) is 1. The SMILES string of the molecule is CCNC(=NCc1ccnc(OCC)c1)NC1CCC(SC)C1. The van der Waals surface area contributed by atoms with Crippen LogP contribution >= 0.6 is 11.8 Å². The Hall–Kier alpha value is -1.43. The Bertz CT molecular complexity index is 509. The quantitative estimate of drug-likeness (QED) is 0.592. The predicted octanol–water partition coefficient (Wildman–Crippen LogP) is 2.82. The van der Waals surface area contributed by atoms with Gasteiger partial charge in [0.1, 0.15) is 0 Å². The van der Waals surface area contributed by atoms with Crippen LogP contribution in [0.15, 0.2) is 23.3 Å². The summed E-state index contributed by atoms with van der Waals surface area (Å²) in [5.41, 5.74) is 1.11. The summed E-state index contributed by atoms with van der Waals surface area (Å²) in [6.45, 7) is 6.17. The topological polar surface area (TPSA) is 58.5 Å². The zero-order valence-corrected chi connectivity index (χ0v) is 15.2. The summed E-state index contributed by atoms with van der Waals surface area (Å²) >= 11 is 1.97. The van der Waals surface area contributed by atoms with Crippen LogP contribution in [0.3, 0.4) is 0 Å². The normalized spacial score (nSPS) is 21.3. The fourth-order valence-corrected chi connectivity index (χ4v) is 3.54. The van der Waals surface area contributed by atoms with E-state index in [1.54, 1.807) is 6.20 Å². The van der Waals surface area contributed by atoms with Crippen molar-refractivity contribution in [2.75, 3.05) is 19.4 Å². The maximum Gasteiger partial charge on any atom is 0.213 e. The van der Waals surface area contributed by atoms with Gasteiger partial charge in [-0.3, -0.25) is 0 Å². The molecule has 0 bridgehead atoms. The van der Waals surface area contributed by atoms with Crippen LogP contribution in [0.25, 0.3) is 0 Å². The second-order valence-corrected chi connectivity index (χ2v) is 6.78. The Morgan fingerprint density at radius 2 is 2.30 bits per heavy atom. The number of hydrogen-bond acceptors (Lipinski definition) is 4. The van der Waals surface area contributed by atoms with Gasteiger partial charge >= 0.3 is 0 Å². The summed E-state index contributed by atoms with van der Waals surface area (Å²) in [7, 11) is 0. The molecule has 128 valence electrons. The van der Waals surface area contributed by atoms with Gasteiger partial charge in [-0.25, -0.2) is 9.98 Å². The van der Waals surface area contributed by atoms with Crippen LogP contribution in [0.1, 0.15) is 38.7 Å². The molecule has 1 fully saturated rings. The molecule has 2 atom stereocenters. The lowest BCUT2D eigenvalue weighted by molar-refractivity contribution is 0.326. The molecule has 2 N–H and O–H groups in total. The van der Waals surface area contributed by atoms with Gasteiger partial charge in [-0.1, -0.05) is 0 Å². The number of nitrogens with zero attached hydrogens (tertiary/aromatic N) is 2. The maximum absolute atomic E-state index is 5.44. The van der Waals surface area contributed by atoms with Crippen molar-refractivity contribution in [3.63, 3.8) is 0 Å². The van der Waals surface area contributed by atoms with Crippen molar-refractivity contribution in [2.45, 2.75) is 50.9 Å². The van der Waals surface area contributed by atoms with E-state index in [0.717, 1.165) is 23.3 Å². The Balaban J connectivity index is 1.94. The van der Waals surface area contributed by atoms with Gasteiger partial charge in [-0.2, -0.15) is 11.8 Å². The van der Waals surface area contributed by atoms with Gasteiger partial charge in [0, 0.05) is 30.1 Å². The van der Waals surface area contributed by atoms with E-state index in [1.807, 2.05) is 30.8 Å². The Morgan fingerprint density at radius 1 is 1.43 bits per heavy atom. The third-order valence-electron chi connectivity index (χ3n) is 3.91. The smallest absolute Gasteiger partial charge is 0.213 e. The largest absolute Gasteiger partial charge is 0.478 e. The van der Waals surface area contributed by atoms with Gasteiger partial charge in [-0.05, 0) is 51.0 Å². The Morgan fingerprint density at radius 3 is 3.00 bits per heavy atom. The molecule has 6 heteroatoms. The lowest BCUT2D eigenvalue weighted by atomic mass is 10.2. The summed E-state index contributed by atoms with van der Waals surface area (Å²) < 4.78 is 5.44. The first-order valence-electron chi connectivity index (χ1n) is 8.40. The van der Waals surface area contributed by atoms with Crippen molar-refractivity contribution < 1.29 is 4.74 Å². The van der Waals surface area contributed by atoms with Crippen LogP contribution in [0, 0.1) is 0 Å². The van der Waals surface area contributed by atoms with Crippen LogP contribution in [-0.4, -0.2) is 41.6 Å². The molecule has 5 nitrogen and oxygen atoms in total. The molecule has 0 radical (unpaired) electrons. The van der Waals surface area contributed by atoms with Crippen LogP contribution in [-0.2, 0) is 6.54 Å². The molecule has 0 aromatic carbocycles. The first-order valence-corrected chi connectivity index (χ1v) is 9.69. The molecule has 0 aliphatic heterocycles. The minimum absolute atomic E-state index is 0.529. The number of nitrogens with one attached hydrogen (secondary N) is 2. The molecule has 23 heavy (non-hydrogen) atoms. The minimum atomic E-state index is 0.529. The molecule has 1 aliphatic carbocycles. The number of guanidine groups is 1. The van der Waals surface area contributed by atoms with Crippen molar-refractivity contribution >= 4 is 17.7 Å².